The van der Waals surface area contributed by atoms with Crippen LogP contribution in [0.15, 0.2) is 0 Å². The van der Waals surface area contributed by atoms with Gasteiger partial charge in [-0.2, -0.15) is 0 Å². The molecule has 0 aliphatic carbocycles. The average Bonchev–Trinajstić information content (AvgIpc) is 2.63. The molecule has 0 radical (unpaired) electrons. The molecule has 1 N–H and O–H groups in total. The summed E-state index contributed by atoms with van der Waals surface area (Å²) in [6.07, 6.45) is 5.92. The highest BCUT2D eigenvalue weighted by atomic mass is 16.5. The van der Waals surface area contributed by atoms with Crippen molar-refractivity contribution in [3.63, 3.8) is 0 Å². The molecule has 90 valence electrons. The molecule has 3 atom stereocenters. The van der Waals surface area contributed by atoms with Crippen LogP contribution in [0.1, 0.15) is 53.4 Å². The Labute approximate surface area is 94.8 Å². The second-order valence-corrected chi connectivity index (χ2v) is 4.92. The Morgan fingerprint density at radius 3 is 2.40 bits per heavy atom. The van der Waals surface area contributed by atoms with Crippen LogP contribution in [0.2, 0.25) is 0 Å². The van der Waals surface area contributed by atoms with Gasteiger partial charge in [-0.3, -0.25) is 0 Å². The van der Waals surface area contributed by atoms with E-state index in [2.05, 4.69) is 33.0 Å². The monoisotopic (exact) mass is 213 g/mol. The first-order chi connectivity index (χ1) is 7.17. The minimum atomic E-state index is 0.455. The quantitative estimate of drug-likeness (QED) is 0.732. The van der Waals surface area contributed by atoms with Crippen molar-refractivity contribution in [1.82, 2.24) is 5.32 Å². The van der Waals surface area contributed by atoms with Crippen LogP contribution in [0, 0.1) is 5.92 Å². The first kappa shape index (κ1) is 13.0. The molecule has 0 saturated carbocycles. The lowest BCUT2D eigenvalue weighted by Crippen LogP contribution is -2.38. The van der Waals surface area contributed by atoms with E-state index in [-0.39, 0.29) is 0 Å². The summed E-state index contributed by atoms with van der Waals surface area (Å²) in [5.74, 6) is 0.809. The fourth-order valence-electron chi connectivity index (χ4n) is 2.52. The Kier molecular flexibility index (Phi) is 5.62. The number of hydrogen-bond acceptors (Lipinski definition) is 2. The highest BCUT2D eigenvalue weighted by Gasteiger charge is 2.22. The Morgan fingerprint density at radius 2 is 1.93 bits per heavy atom. The van der Waals surface area contributed by atoms with Crippen molar-refractivity contribution < 1.29 is 4.74 Å². The van der Waals surface area contributed by atoms with Gasteiger partial charge in [-0.05, 0) is 32.6 Å². The van der Waals surface area contributed by atoms with Crippen LogP contribution < -0.4 is 5.32 Å². The molecule has 0 spiro atoms. The van der Waals surface area contributed by atoms with Gasteiger partial charge in [0.05, 0.1) is 12.2 Å². The average molecular weight is 213 g/mol. The van der Waals surface area contributed by atoms with Gasteiger partial charge in [-0.25, -0.2) is 0 Å². The number of ether oxygens (including phenoxy) is 1. The van der Waals surface area contributed by atoms with Crippen LogP contribution >= 0.6 is 0 Å². The third kappa shape index (κ3) is 4.12. The topological polar surface area (TPSA) is 21.3 Å². The van der Waals surface area contributed by atoms with E-state index in [0.717, 1.165) is 12.5 Å². The van der Waals surface area contributed by atoms with Crippen LogP contribution in [0.5, 0.6) is 0 Å². The lowest BCUT2D eigenvalue weighted by atomic mass is 9.95. The summed E-state index contributed by atoms with van der Waals surface area (Å²) in [6.45, 7) is 10.1. The summed E-state index contributed by atoms with van der Waals surface area (Å²) < 4.78 is 5.80. The molecule has 1 heterocycles. The zero-order valence-corrected chi connectivity index (χ0v) is 10.8. The molecule has 0 amide bonds. The Bertz CT molecular complexity index is 168. The summed E-state index contributed by atoms with van der Waals surface area (Å²) in [6, 6.07) is 0.625. The largest absolute Gasteiger partial charge is 0.374 e. The summed E-state index contributed by atoms with van der Waals surface area (Å²) in [7, 11) is 0. The molecular weight excluding hydrogens is 186 g/mol. The van der Waals surface area contributed by atoms with Gasteiger partial charge >= 0.3 is 0 Å². The van der Waals surface area contributed by atoms with Crippen LogP contribution in [-0.4, -0.2) is 24.8 Å². The Balaban J connectivity index is 2.18. The van der Waals surface area contributed by atoms with Gasteiger partial charge < -0.3 is 10.1 Å². The highest BCUT2D eigenvalue weighted by Crippen LogP contribution is 2.19. The minimum Gasteiger partial charge on any atom is -0.374 e. The maximum Gasteiger partial charge on any atom is 0.0704 e. The maximum absolute atomic E-state index is 5.80. The second-order valence-electron chi connectivity index (χ2n) is 4.92. The molecular formula is C13H27NO. The van der Waals surface area contributed by atoms with Crippen molar-refractivity contribution in [2.45, 2.75) is 71.6 Å². The molecule has 0 bridgehead atoms. The molecule has 0 aromatic heterocycles. The van der Waals surface area contributed by atoms with E-state index in [0.29, 0.717) is 18.2 Å². The Morgan fingerprint density at radius 1 is 1.27 bits per heavy atom. The normalized spacial score (nSPS) is 28.6. The van der Waals surface area contributed by atoms with Crippen LogP contribution in [0.3, 0.4) is 0 Å². The maximum atomic E-state index is 5.80. The minimum absolute atomic E-state index is 0.455. The summed E-state index contributed by atoms with van der Waals surface area (Å²) >= 11 is 0. The molecule has 1 aliphatic heterocycles. The van der Waals surface area contributed by atoms with Crippen LogP contribution in [0.4, 0.5) is 0 Å². The van der Waals surface area contributed by atoms with Gasteiger partial charge in [0.2, 0.25) is 0 Å². The van der Waals surface area contributed by atoms with Gasteiger partial charge in [0.25, 0.3) is 0 Å². The van der Waals surface area contributed by atoms with Gasteiger partial charge in [0.15, 0.2) is 0 Å². The summed E-state index contributed by atoms with van der Waals surface area (Å²) in [4.78, 5) is 0. The molecule has 1 fully saturated rings. The summed E-state index contributed by atoms with van der Waals surface area (Å²) in [5.41, 5.74) is 0. The molecule has 2 heteroatoms. The van der Waals surface area contributed by atoms with E-state index in [1.54, 1.807) is 0 Å². The van der Waals surface area contributed by atoms with Gasteiger partial charge in [-0.15, -0.1) is 0 Å². The van der Waals surface area contributed by atoms with Crippen molar-refractivity contribution in [1.29, 1.82) is 0 Å². The molecule has 15 heavy (non-hydrogen) atoms. The number of hydrogen-bond donors (Lipinski definition) is 1. The van der Waals surface area contributed by atoms with Crippen molar-refractivity contribution in [3.8, 4) is 0 Å². The van der Waals surface area contributed by atoms with E-state index < -0.39 is 0 Å². The van der Waals surface area contributed by atoms with Crippen LogP contribution in [0.25, 0.3) is 0 Å². The predicted octanol–water partition coefficient (Wildman–Crippen LogP) is 2.97. The molecule has 3 unspecified atom stereocenters. The molecule has 1 rings (SSSR count). The highest BCUT2D eigenvalue weighted by molar-refractivity contribution is 4.76. The summed E-state index contributed by atoms with van der Waals surface area (Å²) in [5, 5.41) is 3.62. The van der Waals surface area contributed by atoms with Crippen molar-refractivity contribution >= 4 is 0 Å². The first-order valence-corrected chi connectivity index (χ1v) is 6.56. The van der Waals surface area contributed by atoms with Crippen molar-refractivity contribution in [2.24, 2.45) is 5.92 Å². The van der Waals surface area contributed by atoms with E-state index in [1.807, 2.05) is 0 Å². The third-order valence-electron chi connectivity index (χ3n) is 3.74. The van der Waals surface area contributed by atoms with Crippen molar-refractivity contribution in [3.05, 3.63) is 0 Å². The number of nitrogens with one attached hydrogen (secondary N) is 1. The lowest BCUT2D eigenvalue weighted by Gasteiger charge is -2.24. The van der Waals surface area contributed by atoms with E-state index >= 15 is 0 Å². The van der Waals surface area contributed by atoms with E-state index in [9.17, 15) is 0 Å². The zero-order valence-electron chi connectivity index (χ0n) is 10.8. The molecule has 0 aromatic carbocycles. The third-order valence-corrected chi connectivity index (χ3v) is 3.74. The van der Waals surface area contributed by atoms with Gasteiger partial charge in [0.1, 0.15) is 0 Å². The molecule has 1 saturated heterocycles. The Hall–Kier alpha value is -0.0800. The standard InChI is InChI=1S/C13H27NO/c1-5-12(6-2)11(4)14-9-13-8-7-10(3)15-13/h10-14H,5-9H2,1-4H3. The molecule has 0 aromatic rings. The smallest absolute Gasteiger partial charge is 0.0704 e. The van der Waals surface area contributed by atoms with E-state index in [1.165, 1.54) is 25.7 Å². The fraction of sp³-hybridized carbons (Fsp3) is 1.00. The van der Waals surface area contributed by atoms with Gasteiger partial charge in [-0.1, -0.05) is 26.7 Å². The molecule has 2 nitrogen and oxygen atoms in total. The zero-order chi connectivity index (χ0) is 11.3. The van der Waals surface area contributed by atoms with Crippen LogP contribution in [-0.2, 0) is 4.74 Å². The lowest BCUT2D eigenvalue weighted by molar-refractivity contribution is 0.0532. The molecule has 1 aliphatic rings. The predicted molar refractivity (Wildman–Crippen MR) is 65.1 cm³/mol. The van der Waals surface area contributed by atoms with Crippen molar-refractivity contribution in [2.75, 3.05) is 6.54 Å². The second kappa shape index (κ2) is 6.49. The van der Waals surface area contributed by atoms with Gasteiger partial charge in [0, 0.05) is 12.6 Å². The first-order valence-electron chi connectivity index (χ1n) is 6.56. The number of rotatable bonds is 6. The van der Waals surface area contributed by atoms with E-state index in [4.69, 9.17) is 4.74 Å². The SMILES string of the molecule is CCC(CC)C(C)NCC1CCC(C)O1. The fourth-order valence-corrected chi connectivity index (χ4v) is 2.52.